The molecule has 0 aliphatic carbocycles. The third-order valence-electron chi connectivity index (χ3n) is 3.38. The summed E-state index contributed by atoms with van der Waals surface area (Å²) in [5.41, 5.74) is 1.49. The van der Waals surface area contributed by atoms with E-state index >= 15 is 0 Å². The number of benzene rings is 2. The predicted octanol–water partition coefficient (Wildman–Crippen LogP) is 3.85. The van der Waals surface area contributed by atoms with Gasteiger partial charge in [-0.3, -0.25) is 4.79 Å². The van der Waals surface area contributed by atoms with Gasteiger partial charge in [0.15, 0.2) is 0 Å². The van der Waals surface area contributed by atoms with E-state index in [9.17, 15) is 4.79 Å². The van der Waals surface area contributed by atoms with E-state index in [1.165, 1.54) is 7.11 Å². The van der Waals surface area contributed by atoms with E-state index in [1.807, 2.05) is 31.2 Å². The fourth-order valence-electron chi connectivity index (χ4n) is 2.06. The van der Waals surface area contributed by atoms with Crippen molar-refractivity contribution >= 4 is 17.5 Å². The van der Waals surface area contributed by atoms with Crippen LogP contribution in [-0.4, -0.2) is 20.1 Å². The van der Waals surface area contributed by atoms with Crippen LogP contribution in [0.5, 0.6) is 11.5 Å². The van der Waals surface area contributed by atoms with E-state index in [2.05, 4.69) is 5.32 Å². The predicted molar refractivity (Wildman–Crippen MR) is 86.9 cm³/mol. The van der Waals surface area contributed by atoms with Crippen LogP contribution in [0, 0.1) is 0 Å². The maximum atomic E-state index is 12.3. The molecule has 0 aliphatic rings. The van der Waals surface area contributed by atoms with Crippen molar-refractivity contribution in [1.82, 2.24) is 5.32 Å². The summed E-state index contributed by atoms with van der Waals surface area (Å²) in [5, 5.41) is 3.34. The van der Waals surface area contributed by atoms with E-state index in [0.29, 0.717) is 16.3 Å². The lowest BCUT2D eigenvalue weighted by atomic mass is 10.1. The Labute approximate surface area is 135 Å². The van der Waals surface area contributed by atoms with Gasteiger partial charge in [-0.1, -0.05) is 23.7 Å². The van der Waals surface area contributed by atoms with Gasteiger partial charge in [0.1, 0.15) is 11.5 Å². The molecule has 0 aromatic heterocycles. The van der Waals surface area contributed by atoms with E-state index in [1.54, 1.807) is 25.3 Å². The summed E-state index contributed by atoms with van der Waals surface area (Å²) in [6.45, 7) is 1.92. The van der Waals surface area contributed by atoms with E-state index in [0.717, 1.165) is 11.3 Å². The van der Waals surface area contributed by atoms with Crippen LogP contribution in [0.4, 0.5) is 0 Å². The molecule has 0 spiro atoms. The quantitative estimate of drug-likeness (QED) is 0.910. The molecule has 0 bridgehead atoms. The minimum atomic E-state index is -0.187. The van der Waals surface area contributed by atoms with E-state index in [4.69, 9.17) is 21.1 Å². The number of hydrogen-bond donors (Lipinski definition) is 1. The van der Waals surface area contributed by atoms with Gasteiger partial charge in [0, 0.05) is 5.56 Å². The number of carbonyl (C=O) groups excluding carboxylic acids is 1. The van der Waals surface area contributed by atoms with Gasteiger partial charge in [0.25, 0.3) is 5.91 Å². The largest absolute Gasteiger partial charge is 0.497 e. The second-order valence-electron chi connectivity index (χ2n) is 4.82. The smallest absolute Gasteiger partial charge is 0.251 e. The van der Waals surface area contributed by atoms with E-state index < -0.39 is 0 Å². The van der Waals surface area contributed by atoms with Crippen molar-refractivity contribution in [2.75, 3.05) is 14.2 Å². The average molecular weight is 320 g/mol. The zero-order chi connectivity index (χ0) is 16.1. The van der Waals surface area contributed by atoms with Crippen LogP contribution < -0.4 is 14.8 Å². The summed E-state index contributed by atoms with van der Waals surface area (Å²) in [6.07, 6.45) is 0. The average Bonchev–Trinajstić information content (AvgIpc) is 2.54. The van der Waals surface area contributed by atoms with Crippen molar-refractivity contribution in [1.29, 1.82) is 0 Å². The second kappa shape index (κ2) is 7.18. The molecule has 2 rings (SSSR count). The van der Waals surface area contributed by atoms with Gasteiger partial charge in [0.05, 0.1) is 25.3 Å². The monoisotopic (exact) mass is 319 g/mol. The summed E-state index contributed by atoms with van der Waals surface area (Å²) in [6, 6.07) is 12.4. The molecule has 0 heterocycles. The summed E-state index contributed by atoms with van der Waals surface area (Å²) >= 11 is 6.04. The van der Waals surface area contributed by atoms with Crippen LogP contribution in [0.2, 0.25) is 5.02 Å². The Balaban J connectivity index is 2.08. The van der Waals surface area contributed by atoms with E-state index in [-0.39, 0.29) is 11.9 Å². The van der Waals surface area contributed by atoms with Gasteiger partial charge < -0.3 is 14.8 Å². The Morgan fingerprint density at radius 3 is 2.32 bits per heavy atom. The molecule has 116 valence electrons. The Kier molecular flexibility index (Phi) is 5.28. The van der Waals surface area contributed by atoms with Gasteiger partial charge in [-0.05, 0) is 42.8 Å². The van der Waals surface area contributed by atoms with Crippen LogP contribution in [0.1, 0.15) is 28.9 Å². The van der Waals surface area contributed by atoms with Gasteiger partial charge in [-0.2, -0.15) is 0 Å². The first-order valence-electron chi connectivity index (χ1n) is 6.83. The summed E-state index contributed by atoms with van der Waals surface area (Å²) in [7, 11) is 3.15. The van der Waals surface area contributed by atoms with Crippen LogP contribution in [0.25, 0.3) is 0 Å². The molecule has 0 fully saturated rings. The number of methoxy groups -OCH3 is 2. The van der Waals surface area contributed by atoms with Gasteiger partial charge >= 0.3 is 0 Å². The summed E-state index contributed by atoms with van der Waals surface area (Å²) in [5.74, 6) is 1.14. The van der Waals surface area contributed by atoms with Crippen LogP contribution in [-0.2, 0) is 0 Å². The van der Waals surface area contributed by atoms with Crippen molar-refractivity contribution in [3.63, 3.8) is 0 Å². The molecule has 1 atom stereocenters. The third kappa shape index (κ3) is 3.71. The normalized spacial score (nSPS) is 11.6. The lowest BCUT2D eigenvalue weighted by Gasteiger charge is -2.15. The SMILES string of the molecule is COc1ccc([C@@H](C)NC(=O)c2ccc(OC)c(Cl)c2)cc1. The highest BCUT2D eigenvalue weighted by atomic mass is 35.5. The van der Waals surface area contributed by atoms with Gasteiger partial charge in [-0.25, -0.2) is 0 Å². The van der Waals surface area contributed by atoms with Crippen LogP contribution >= 0.6 is 11.6 Å². The Hall–Kier alpha value is -2.20. The first-order valence-corrected chi connectivity index (χ1v) is 7.21. The lowest BCUT2D eigenvalue weighted by Crippen LogP contribution is -2.26. The maximum absolute atomic E-state index is 12.3. The molecule has 0 unspecified atom stereocenters. The zero-order valence-corrected chi connectivity index (χ0v) is 13.5. The molecule has 22 heavy (non-hydrogen) atoms. The number of amides is 1. The van der Waals surface area contributed by atoms with Gasteiger partial charge in [-0.15, -0.1) is 0 Å². The Morgan fingerprint density at radius 2 is 1.77 bits per heavy atom. The maximum Gasteiger partial charge on any atom is 0.251 e. The molecule has 5 heteroatoms. The van der Waals surface area contributed by atoms with Crippen molar-refractivity contribution in [2.45, 2.75) is 13.0 Å². The Bertz CT molecular complexity index is 655. The number of carbonyl (C=O) groups is 1. The minimum absolute atomic E-state index is 0.126. The molecule has 0 radical (unpaired) electrons. The van der Waals surface area contributed by atoms with Crippen molar-refractivity contribution in [3.05, 3.63) is 58.6 Å². The first-order chi connectivity index (χ1) is 10.5. The minimum Gasteiger partial charge on any atom is -0.497 e. The fraction of sp³-hybridized carbons (Fsp3) is 0.235. The highest BCUT2D eigenvalue weighted by Crippen LogP contribution is 2.25. The fourth-order valence-corrected chi connectivity index (χ4v) is 2.32. The van der Waals surface area contributed by atoms with Crippen molar-refractivity contribution in [3.8, 4) is 11.5 Å². The molecule has 0 aliphatic heterocycles. The summed E-state index contributed by atoms with van der Waals surface area (Å²) < 4.78 is 10.2. The molecule has 2 aromatic carbocycles. The lowest BCUT2D eigenvalue weighted by molar-refractivity contribution is 0.0940. The van der Waals surface area contributed by atoms with Crippen molar-refractivity contribution < 1.29 is 14.3 Å². The standard InChI is InChI=1S/C17H18ClNO3/c1-11(12-4-7-14(21-2)8-5-12)19-17(20)13-6-9-16(22-3)15(18)10-13/h4-11H,1-3H3,(H,19,20)/t11-/m1/s1. The molecule has 1 amide bonds. The molecular weight excluding hydrogens is 302 g/mol. The van der Waals surface area contributed by atoms with Crippen LogP contribution in [0.15, 0.2) is 42.5 Å². The summed E-state index contributed by atoms with van der Waals surface area (Å²) in [4.78, 5) is 12.3. The molecular formula is C17H18ClNO3. The number of ether oxygens (including phenoxy) is 2. The first kappa shape index (κ1) is 16.2. The highest BCUT2D eigenvalue weighted by Gasteiger charge is 2.13. The Morgan fingerprint density at radius 1 is 1.09 bits per heavy atom. The topological polar surface area (TPSA) is 47.6 Å². The molecule has 0 saturated carbocycles. The number of rotatable bonds is 5. The second-order valence-corrected chi connectivity index (χ2v) is 5.22. The number of hydrogen-bond acceptors (Lipinski definition) is 3. The zero-order valence-electron chi connectivity index (χ0n) is 12.7. The third-order valence-corrected chi connectivity index (χ3v) is 3.67. The number of nitrogens with one attached hydrogen (secondary N) is 1. The highest BCUT2D eigenvalue weighted by molar-refractivity contribution is 6.32. The molecule has 1 N–H and O–H groups in total. The molecule has 4 nitrogen and oxygen atoms in total. The van der Waals surface area contributed by atoms with Crippen molar-refractivity contribution in [2.24, 2.45) is 0 Å². The molecule has 2 aromatic rings. The van der Waals surface area contributed by atoms with Crippen LogP contribution in [0.3, 0.4) is 0 Å². The number of halogens is 1. The molecule has 0 saturated heterocycles. The van der Waals surface area contributed by atoms with Gasteiger partial charge in [0.2, 0.25) is 0 Å².